The van der Waals surface area contributed by atoms with Crippen LogP contribution in [0.2, 0.25) is 0 Å². The van der Waals surface area contributed by atoms with Crippen LogP contribution < -0.4 is 14.8 Å². The predicted octanol–water partition coefficient (Wildman–Crippen LogP) is 3.72. The average Bonchev–Trinajstić information content (AvgIpc) is 2.47. The second-order valence-electron chi connectivity index (χ2n) is 4.01. The van der Waals surface area contributed by atoms with E-state index in [4.69, 9.17) is 9.47 Å². The number of carbonyl (C=O) groups excluding carboxylic acids is 1. The molecule has 0 fully saturated rings. The second-order valence-corrected chi connectivity index (χ2v) is 4.86. The highest BCUT2D eigenvalue weighted by molar-refractivity contribution is 9.10. The summed E-state index contributed by atoms with van der Waals surface area (Å²) in [5, 5.41) is 2.82. The van der Waals surface area contributed by atoms with Crippen LogP contribution in [0, 0.1) is 0 Å². The fraction of sp³-hybridized carbons (Fsp3) is 0.133. The Hall–Kier alpha value is -2.01. The van der Waals surface area contributed by atoms with Gasteiger partial charge >= 0.3 is 0 Å². The highest BCUT2D eigenvalue weighted by atomic mass is 79.9. The predicted molar refractivity (Wildman–Crippen MR) is 81.6 cm³/mol. The molecule has 1 N–H and O–H groups in total. The van der Waals surface area contributed by atoms with Gasteiger partial charge in [0.25, 0.3) is 5.91 Å². The van der Waals surface area contributed by atoms with Gasteiger partial charge in [-0.05, 0) is 40.2 Å². The number of hydrogen-bond donors (Lipinski definition) is 1. The maximum absolute atomic E-state index is 12.3. The lowest BCUT2D eigenvalue weighted by molar-refractivity contribution is 0.102. The lowest BCUT2D eigenvalue weighted by Gasteiger charge is -2.12. The molecule has 0 unspecified atom stereocenters. The lowest BCUT2D eigenvalue weighted by atomic mass is 10.2. The standard InChI is InChI=1S/C15H14BrNO3/c1-19-13-8-11(12(16)9-14(13)20-2)15(18)17-10-6-4-3-5-7-10/h3-9H,1-2H3,(H,17,18). The molecule has 2 aromatic rings. The van der Waals surface area contributed by atoms with Gasteiger partial charge in [-0.25, -0.2) is 0 Å². The normalized spacial score (nSPS) is 9.95. The van der Waals surface area contributed by atoms with Crippen molar-refractivity contribution in [3.05, 3.63) is 52.5 Å². The first-order chi connectivity index (χ1) is 9.65. The van der Waals surface area contributed by atoms with Crippen LogP contribution in [0.25, 0.3) is 0 Å². The Bertz CT molecular complexity index is 614. The number of ether oxygens (including phenoxy) is 2. The third kappa shape index (κ3) is 3.11. The molecule has 0 saturated heterocycles. The van der Waals surface area contributed by atoms with Gasteiger partial charge in [0.05, 0.1) is 19.8 Å². The van der Waals surface area contributed by atoms with Gasteiger partial charge in [-0.1, -0.05) is 18.2 Å². The van der Waals surface area contributed by atoms with Gasteiger partial charge in [-0.15, -0.1) is 0 Å². The summed E-state index contributed by atoms with van der Waals surface area (Å²) in [5.41, 5.74) is 1.21. The number of para-hydroxylation sites is 1. The molecule has 0 radical (unpaired) electrons. The van der Waals surface area contributed by atoms with Gasteiger partial charge in [0.15, 0.2) is 11.5 Å². The van der Waals surface area contributed by atoms with Crippen molar-refractivity contribution in [1.82, 2.24) is 0 Å². The molecule has 0 aromatic heterocycles. The van der Waals surface area contributed by atoms with Crippen LogP contribution in [0.4, 0.5) is 5.69 Å². The lowest BCUT2D eigenvalue weighted by Crippen LogP contribution is -2.12. The molecular formula is C15H14BrNO3. The Morgan fingerprint density at radius 1 is 1.05 bits per heavy atom. The Kier molecular flexibility index (Phi) is 4.63. The van der Waals surface area contributed by atoms with E-state index in [2.05, 4.69) is 21.2 Å². The molecule has 5 heteroatoms. The molecule has 104 valence electrons. The molecule has 0 bridgehead atoms. The summed E-state index contributed by atoms with van der Waals surface area (Å²) in [7, 11) is 3.08. The van der Waals surface area contributed by atoms with Crippen molar-refractivity contribution in [3.8, 4) is 11.5 Å². The molecule has 2 rings (SSSR count). The smallest absolute Gasteiger partial charge is 0.256 e. The van der Waals surface area contributed by atoms with Crippen molar-refractivity contribution < 1.29 is 14.3 Å². The molecule has 0 saturated carbocycles. The minimum atomic E-state index is -0.218. The van der Waals surface area contributed by atoms with Gasteiger partial charge in [0, 0.05) is 10.2 Å². The van der Waals surface area contributed by atoms with E-state index in [9.17, 15) is 4.79 Å². The number of hydrogen-bond acceptors (Lipinski definition) is 3. The maximum Gasteiger partial charge on any atom is 0.256 e. The van der Waals surface area contributed by atoms with Crippen molar-refractivity contribution in [2.45, 2.75) is 0 Å². The molecule has 1 amide bonds. The monoisotopic (exact) mass is 335 g/mol. The Labute approximate surface area is 125 Å². The number of halogens is 1. The van der Waals surface area contributed by atoms with E-state index < -0.39 is 0 Å². The van der Waals surface area contributed by atoms with E-state index in [1.54, 1.807) is 19.2 Å². The maximum atomic E-state index is 12.3. The topological polar surface area (TPSA) is 47.6 Å². The molecule has 20 heavy (non-hydrogen) atoms. The average molecular weight is 336 g/mol. The number of carbonyl (C=O) groups is 1. The summed E-state index contributed by atoms with van der Waals surface area (Å²) < 4.78 is 11.0. The summed E-state index contributed by atoms with van der Waals surface area (Å²) in [6.45, 7) is 0. The molecule has 2 aromatic carbocycles. The van der Waals surface area contributed by atoms with Crippen molar-refractivity contribution in [2.24, 2.45) is 0 Å². The molecule has 4 nitrogen and oxygen atoms in total. The molecule has 0 aliphatic carbocycles. The van der Waals surface area contributed by atoms with Crippen molar-refractivity contribution in [2.75, 3.05) is 19.5 Å². The summed E-state index contributed by atoms with van der Waals surface area (Å²) >= 11 is 3.37. The summed E-state index contributed by atoms with van der Waals surface area (Å²) in [6.07, 6.45) is 0. The second kappa shape index (κ2) is 6.43. The Morgan fingerprint density at radius 3 is 2.25 bits per heavy atom. The number of anilines is 1. The molecule has 0 heterocycles. The van der Waals surface area contributed by atoms with Crippen LogP contribution in [-0.4, -0.2) is 20.1 Å². The minimum absolute atomic E-state index is 0.218. The van der Waals surface area contributed by atoms with Gasteiger partial charge in [-0.2, -0.15) is 0 Å². The van der Waals surface area contributed by atoms with Crippen LogP contribution in [0.1, 0.15) is 10.4 Å². The quantitative estimate of drug-likeness (QED) is 0.926. The number of methoxy groups -OCH3 is 2. The first-order valence-corrected chi connectivity index (χ1v) is 6.73. The van der Waals surface area contributed by atoms with Crippen LogP contribution in [0.15, 0.2) is 46.9 Å². The van der Waals surface area contributed by atoms with Gasteiger partial charge in [0.1, 0.15) is 0 Å². The fourth-order valence-corrected chi connectivity index (χ4v) is 2.25. The first kappa shape index (κ1) is 14.4. The third-order valence-electron chi connectivity index (χ3n) is 2.75. The molecule has 0 aliphatic rings. The fourth-order valence-electron chi connectivity index (χ4n) is 1.75. The van der Waals surface area contributed by atoms with Gasteiger partial charge in [-0.3, -0.25) is 4.79 Å². The zero-order valence-corrected chi connectivity index (χ0v) is 12.7. The minimum Gasteiger partial charge on any atom is -0.493 e. The summed E-state index contributed by atoms with van der Waals surface area (Å²) in [5.74, 6) is 0.855. The van der Waals surface area contributed by atoms with E-state index >= 15 is 0 Å². The van der Waals surface area contributed by atoms with Crippen LogP contribution in [0.3, 0.4) is 0 Å². The van der Waals surface area contributed by atoms with Crippen LogP contribution in [-0.2, 0) is 0 Å². The van der Waals surface area contributed by atoms with E-state index in [1.807, 2.05) is 30.3 Å². The van der Waals surface area contributed by atoms with Crippen LogP contribution >= 0.6 is 15.9 Å². The zero-order chi connectivity index (χ0) is 14.5. The highest BCUT2D eigenvalue weighted by Gasteiger charge is 2.15. The van der Waals surface area contributed by atoms with E-state index in [0.717, 1.165) is 5.69 Å². The Morgan fingerprint density at radius 2 is 1.65 bits per heavy atom. The summed E-state index contributed by atoms with van der Waals surface area (Å²) in [6, 6.07) is 12.6. The van der Waals surface area contributed by atoms with E-state index in [1.165, 1.54) is 7.11 Å². The number of nitrogens with one attached hydrogen (secondary N) is 1. The number of benzene rings is 2. The molecule has 0 aliphatic heterocycles. The van der Waals surface area contributed by atoms with E-state index in [0.29, 0.717) is 21.5 Å². The van der Waals surface area contributed by atoms with Crippen molar-refractivity contribution in [1.29, 1.82) is 0 Å². The largest absolute Gasteiger partial charge is 0.493 e. The Balaban J connectivity index is 2.30. The molecule has 0 spiro atoms. The van der Waals surface area contributed by atoms with E-state index in [-0.39, 0.29) is 5.91 Å². The molecular weight excluding hydrogens is 322 g/mol. The van der Waals surface area contributed by atoms with Crippen LogP contribution in [0.5, 0.6) is 11.5 Å². The first-order valence-electron chi connectivity index (χ1n) is 5.93. The SMILES string of the molecule is COc1cc(Br)c(C(=O)Nc2ccccc2)cc1OC. The summed E-state index contributed by atoms with van der Waals surface area (Å²) in [4.78, 5) is 12.3. The van der Waals surface area contributed by atoms with Crippen molar-refractivity contribution >= 4 is 27.5 Å². The van der Waals surface area contributed by atoms with Gasteiger partial charge in [0.2, 0.25) is 0 Å². The number of amides is 1. The van der Waals surface area contributed by atoms with Crippen molar-refractivity contribution in [3.63, 3.8) is 0 Å². The zero-order valence-electron chi connectivity index (χ0n) is 11.1. The third-order valence-corrected chi connectivity index (χ3v) is 3.41. The number of rotatable bonds is 4. The highest BCUT2D eigenvalue weighted by Crippen LogP contribution is 2.33. The molecule has 0 atom stereocenters. The van der Waals surface area contributed by atoms with Gasteiger partial charge < -0.3 is 14.8 Å².